The van der Waals surface area contributed by atoms with Gasteiger partial charge >= 0.3 is 11.9 Å². The third-order valence-electron chi connectivity index (χ3n) is 2.51. The van der Waals surface area contributed by atoms with Gasteiger partial charge < -0.3 is 9.84 Å². The number of nitrogens with zero attached hydrogens (tertiary/aromatic N) is 3. The quantitative estimate of drug-likeness (QED) is 0.837. The van der Waals surface area contributed by atoms with E-state index in [1.807, 2.05) is 0 Å². The summed E-state index contributed by atoms with van der Waals surface area (Å²) in [6, 6.07) is 3.74. The van der Waals surface area contributed by atoms with Crippen LogP contribution in [0.25, 0.3) is 0 Å². The number of carbonyl (C=O) groups is 2. The van der Waals surface area contributed by atoms with E-state index in [0.717, 1.165) is 6.07 Å². The summed E-state index contributed by atoms with van der Waals surface area (Å²) in [6.07, 6.45) is 1.30. The molecule has 0 saturated heterocycles. The van der Waals surface area contributed by atoms with Crippen LogP contribution >= 0.6 is 0 Å². The first-order valence-corrected chi connectivity index (χ1v) is 5.50. The maximum absolute atomic E-state index is 13.5. The van der Waals surface area contributed by atoms with Gasteiger partial charge in [-0.25, -0.2) is 23.6 Å². The van der Waals surface area contributed by atoms with Gasteiger partial charge in [0.15, 0.2) is 0 Å². The second-order valence-electron chi connectivity index (χ2n) is 3.88. The molecule has 1 N–H and O–H groups in total. The van der Waals surface area contributed by atoms with Gasteiger partial charge in [0.05, 0.1) is 19.2 Å². The fourth-order valence-electron chi connectivity index (χ4n) is 1.57. The van der Waals surface area contributed by atoms with Crippen molar-refractivity contribution < 1.29 is 23.8 Å². The highest BCUT2D eigenvalue weighted by atomic mass is 19.1. The summed E-state index contributed by atoms with van der Waals surface area (Å²) in [4.78, 5) is 25.6. The van der Waals surface area contributed by atoms with E-state index in [0.29, 0.717) is 5.56 Å². The second-order valence-corrected chi connectivity index (χ2v) is 3.88. The minimum atomic E-state index is -1.33. The molecule has 0 amide bonds. The van der Waals surface area contributed by atoms with Gasteiger partial charge in [-0.05, 0) is 17.7 Å². The van der Waals surface area contributed by atoms with E-state index in [9.17, 15) is 14.0 Å². The predicted molar refractivity (Wildman–Crippen MR) is 63.8 cm³/mol. The van der Waals surface area contributed by atoms with Crippen molar-refractivity contribution in [1.29, 1.82) is 0 Å². The second kappa shape index (κ2) is 5.47. The highest BCUT2D eigenvalue weighted by molar-refractivity contribution is 5.87. The molecular weight excluding hydrogens is 269 g/mol. The number of aromatic nitrogens is 3. The first-order chi connectivity index (χ1) is 9.51. The van der Waals surface area contributed by atoms with Crippen LogP contribution in [0.4, 0.5) is 4.39 Å². The molecule has 1 aromatic carbocycles. The van der Waals surface area contributed by atoms with Crippen LogP contribution in [0.2, 0.25) is 0 Å². The Morgan fingerprint density at radius 3 is 2.80 bits per heavy atom. The molecule has 0 saturated carbocycles. The summed E-state index contributed by atoms with van der Waals surface area (Å²) < 4.78 is 19.3. The third kappa shape index (κ3) is 2.79. The third-order valence-corrected chi connectivity index (χ3v) is 2.51. The monoisotopic (exact) mass is 279 g/mol. The van der Waals surface area contributed by atoms with E-state index < -0.39 is 23.3 Å². The topological polar surface area (TPSA) is 94.3 Å². The Hall–Kier alpha value is -2.77. The number of carboxylic acids is 1. The van der Waals surface area contributed by atoms with E-state index in [2.05, 4.69) is 14.8 Å². The van der Waals surface area contributed by atoms with Crippen molar-refractivity contribution in [3.63, 3.8) is 0 Å². The zero-order chi connectivity index (χ0) is 14.7. The van der Waals surface area contributed by atoms with E-state index in [4.69, 9.17) is 5.11 Å². The molecule has 0 fully saturated rings. The Kier molecular flexibility index (Phi) is 3.74. The first-order valence-electron chi connectivity index (χ1n) is 5.50. The van der Waals surface area contributed by atoms with Crippen LogP contribution in [0.15, 0.2) is 24.5 Å². The van der Waals surface area contributed by atoms with Crippen LogP contribution in [0.3, 0.4) is 0 Å². The van der Waals surface area contributed by atoms with Crippen LogP contribution in [0.1, 0.15) is 26.5 Å². The summed E-state index contributed by atoms with van der Waals surface area (Å²) in [5, 5.41) is 12.6. The number of esters is 1. The molecule has 0 bridgehead atoms. The zero-order valence-corrected chi connectivity index (χ0v) is 10.4. The number of aromatic carboxylic acids is 1. The summed E-state index contributed by atoms with van der Waals surface area (Å²) in [5.41, 5.74) is 0.0939. The number of benzene rings is 1. The van der Waals surface area contributed by atoms with Crippen LogP contribution in [-0.4, -0.2) is 38.9 Å². The summed E-state index contributed by atoms with van der Waals surface area (Å²) in [7, 11) is 1.21. The maximum Gasteiger partial charge on any atom is 0.377 e. The van der Waals surface area contributed by atoms with Crippen molar-refractivity contribution in [2.75, 3.05) is 7.11 Å². The highest BCUT2D eigenvalue weighted by Gasteiger charge is 2.13. The van der Waals surface area contributed by atoms with E-state index in [1.165, 1.54) is 30.3 Å². The smallest absolute Gasteiger partial charge is 0.377 e. The molecule has 0 aliphatic carbocycles. The Bertz CT molecular complexity index is 668. The number of hydrogen-bond acceptors (Lipinski definition) is 5. The van der Waals surface area contributed by atoms with E-state index in [1.54, 1.807) is 0 Å². The maximum atomic E-state index is 13.5. The van der Waals surface area contributed by atoms with Gasteiger partial charge in [0, 0.05) is 0 Å². The van der Waals surface area contributed by atoms with Crippen molar-refractivity contribution in [2.45, 2.75) is 6.54 Å². The molecule has 7 nitrogen and oxygen atoms in total. The lowest BCUT2D eigenvalue weighted by Crippen LogP contribution is -2.07. The molecule has 8 heteroatoms. The molecule has 2 aromatic rings. The minimum Gasteiger partial charge on any atom is -0.478 e. The zero-order valence-electron chi connectivity index (χ0n) is 10.4. The van der Waals surface area contributed by atoms with Crippen LogP contribution in [0, 0.1) is 5.82 Å². The molecule has 1 heterocycles. The van der Waals surface area contributed by atoms with Gasteiger partial charge in [-0.1, -0.05) is 6.07 Å². The largest absolute Gasteiger partial charge is 0.478 e. The van der Waals surface area contributed by atoms with Gasteiger partial charge in [-0.3, -0.25) is 0 Å². The summed E-state index contributed by atoms with van der Waals surface area (Å²) >= 11 is 0. The lowest BCUT2D eigenvalue weighted by atomic mass is 10.1. The van der Waals surface area contributed by atoms with Crippen LogP contribution in [0.5, 0.6) is 0 Å². The lowest BCUT2D eigenvalue weighted by Gasteiger charge is -2.03. The Morgan fingerprint density at radius 1 is 1.45 bits per heavy atom. The predicted octanol–water partition coefficient (Wildman–Crippen LogP) is 0.950. The normalized spacial score (nSPS) is 10.3. The van der Waals surface area contributed by atoms with Crippen molar-refractivity contribution in [3.05, 3.63) is 47.3 Å². The van der Waals surface area contributed by atoms with Gasteiger partial charge in [0.1, 0.15) is 12.1 Å². The van der Waals surface area contributed by atoms with Crippen LogP contribution < -0.4 is 0 Å². The van der Waals surface area contributed by atoms with Gasteiger partial charge in [0.25, 0.3) is 5.82 Å². The summed E-state index contributed by atoms with van der Waals surface area (Å²) in [6.45, 7) is 0.154. The fraction of sp³-hybridized carbons (Fsp3) is 0.167. The molecule has 0 unspecified atom stereocenters. The molecular formula is C12H10FN3O4. The van der Waals surface area contributed by atoms with E-state index >= 15 is 0 Å². The first kappa shape index (κ1) is 13.7. The number of hydrogen-bond donors (Lipinski definition) is 1. The summed E-state index contributed by atoms with van der Waals surface area (Å²) in [5.74, 6) is -2.93. The van der Waals surface area contributed by atoms with Gasteiger partial charge in [-0.15, -0.1) is 5.10 Å². The van der Waals surface area contributed by atoms with Crippen molar-refractivity contribution in [2.24, 2.45) is 0 Å². The Labute approximate surface area is 112 Å². The Morgan fingerprint density at radius 2 is 2.20 bits per heavy atom. The van der Waals surface area contributed by atoms with Gasteiger partial charge in [-0.2, -0.15) is 0 Å². The number of ether oxygens (including phenoxy) is 1. The van der Waals surface area contributed by atoms with Crippen molar-refractivity contribution in [3.8, 4) is 0 Å². The number of rotatable bonds is 4. The number of methoxy groups -OCH3 is 1. The van der Waals surface area contributed by atoms with Gasteiger partial charge in [0.2, 0.25) is 0 Å². The van der Waals surface area contributed by atoms with E-state index in [-0.39, 0.29) is 12.4 Å². The molecule has 104 valence electrons. The molecule has 0 radical (unpaired) electrons. The minimum absolute atomic E-state index is 0.102. The average Bonchev–Trinajstić information content (AvgIpc) is 2.86. The SMILES string of the molecule is COC(=O)c1ncn(Cc2ccc(C(=O)O)c(F)c2)n1. The average molecular weight is 279 g/mol. The molecule has 1 aromatic heterocycles. The molecule has 2 rings (SSSR count). The molecule has 0 aliphatic rings. The lowest BCUT2D eigenvalue weighted by molar-refractivity contribution is 0.0585. The van der Waals surface area contributed by atoms with Crippen molar-refractivity contribution >= 4 is 11.9 Å². The number of carboxylic acid groups (broad SMARTS) is 1. The highest BCUT2D eigenvalue weighted by Crippen LogP contribution is 2.11. The molecule has 0 spiro atoms. The Balaban J connectivity index is 2.18. The standard InChI is InChI=1S/C12H10FN3O4/c1-20-12(19)10-14-6-16(15-10)5-7-2-3-8(11(17)18)9(13)4-7/h2-4,6H,5H2,1H3,(H,17,18). The number of halogens is 1. The molecule has 0 aliphatic heterocycles. The van der Waals surface area contributed by atoms with Crippen LogP contribution in [-0.2, 0) is 11.3 Å². The van der Waals surface area contributed by atoms with Crippen molar-refractivity contribution in [1.82, 2.24) is 14.8 Å². The molecule has 0 atom stereocenters. The number of carbonyl (C=O) groups excluding carboxylic acids is 1. The molecule has 20 heavy (non-hydrogen) atoms. The fourth-order valence-corrected chi connectivity index (χ4v) is 1.57.